The summed E-state index contributed by atoms with van der Waals surface area (Å²) in [4.78, 5) is 24.2. The van der Waals surface area contributed by atoms with Crippen molar-refractivity contribution in [2.24, 2.45) is 7.05 Å². The minimum Gasteiger partial charge on any atom is -0.369 e. The Labute approximate surface area is 155 Å². The first kappa shape index (κ1) is 17.5. The van der Waals surface area contributed by atoms with E-state index in [0.717, 1.165) is 31.7 Å². The highest BCUT2D eigenvalue weighted by molar-refractivity contribution is 5.81. The summed E-state index contributed by atoms with van der Waals surface area (Å²) in [6.45, 7) is 9.25. The molecule has 0 unspecified atom stereocenters. The van der Waals surface area contributed by atoms with Gasteiger partial charge in [0.1, 0.15) is 0 Å². The summed E-state index contributed by atoms with van der Waals surface area (Å²) in [5.74, 6) is 0. The molecule has 0 aliphatic carbocycles. The van der Waals surface area contributed by atoms with Gasteiger partial charge in [-0.25, -0.2) is 4.98 Å². The zero-order valence-electron chi connectivity index (χ0n) is 15.7. The van der Waals surface area contributed by atoms with E-state index in [0.29, 0.717) is 5.39 Å². The Morgan fingerprint density at radius 1 is 0.923 bits per heavy atom. The van der Waals surface area contributed by atoms with Gasteiger partial charge in [-0.3, -0.25) is 9.69 Å². The molecule has 2 aliphatic rings. The lowest BCUT2D eigenvalue weighted by molar-refractivity contribution is 0.177. The minimum absolute atomic E-state index is 0.0177. The highest BCUT2D eigenvalue weighted by atomic mass is 16.1. The molecule has 0 N–H and O–H groups in total. The Morgan fingerprint density at radius 3 is 2.35 bits per heavy atom. The van der Waals surface area contributed by atoms with E-state index in [1.807, 2.05) is 6.07 Å². The Kier molecular flexibility index (Phi) is 5.22. The van der Waals surface area contributed by atoms with Crippen molar-refractivity contribution in [2.75, 3.05) is 57.3 Å². The normalized spacial score (nSPS) is 20.0. The number of anilines is 1. The average Bonchev–Trinajstić information content (AvgIpc) is 2.70. The van der Waals surface area contributed by atoms with Crippen molar-refractivity contribution in [1.82, 2.24) is 19.4 Å². The highest BCUT2D eigenvalue weighted by Gasteiger charge is 2.19. The van der Waals surface area contributed by atoms with Crippen LogP contribution < -0.4 is 10.5 Å². The van der Waals surface area contributed by atoms with Crippen LogP contribution in [0.25, 0.3) is 10.9 Å². The topological polar surface area (TPSA) is 44.6 Å². The third kappa shape index (κ3) is 3.76. The van der Waals surface area contributed by atoms with Crippen LogP contribution in [0.5, 0.6) is 0 Å². The van der Waals surface area contributed by atoms with Crippen LogP contribution in [0, 0.1) is 0 Å². The maximum absolute atomic E-state index is 12.2. The molecule has 0 amide bonds. The molecule has 140 valence electrons. The van der Waals surface area contributed by atoms with E-state index in [-0.39, 0.29) is 5.56 Å². The van der Waals surface area contributed by atoms with E-state index < -0.39 is 0 Å². The number of hydrogen-bond acceptors (Lipinski definition) is 5. The standard InChI is InChI=1S/C20H29N5O/c1-22-16-21-19-15-17(5-6-18(19)20(22)26)25-13-11-24(12-14-25)10-9-23-7-3-2-4-8-23/h5-6,15-16H,2-4,7-14H2,1H3. The summed E-state index contributed by atoms with van der Waals surface area (Å²) in [6.07, 6.45) is 5.74. The second-order valence-electron chi connectivity index (χ2n) is 7.59. The van der Waals surface area contributed by atoms with E-state index in [4.69, 9.17) is 0 Å². The van der Waals surface area contributed by atoms with Crippen LogP contribution in [0.1, 0.15) is 19.3 Å². The molecule has 0 saturated carbocycles. The third-order valence-electron chi connectivity index (χ3n) is 5.82. The molecule has 6 heteroatoms. The molecule has 0 atom stereocenters. The van der Waals surface area contributed by atoms with Crippen molar-refractivity contribution < 1.29 is 0 Å². The number of nitrogens with zero attached hydrogens (tertiary/aromatic N) is 5. The molecule has 0 radical (unpaired) electrons. The number of piperidine rings is 1. The Morgan fingerprint density at radius 2 is 1.62 bits per heavy atom. The van der Waals surface area contributed by atoms with E-state index in [2.05, 4.69) is 31.8 Å². The van der Waals surface area contributed by atoms with Gasteiger partial charge >= 0.3 is 0 Å². The maximum Gasteiger partial charge on any atom is 0.260 e. The molecule has 2 aliphatic heterocycles. The monoisotopic (exact) mass is 355 g/mol. The predicted molar refractivity (Wildman–Crippen MR) is 106 cm³/mol. The van der Waals surface area contributed by atoms with E-state index in [1.165, 1.54) is 55.7 Å². The first-order valence-electron chi connectivity index (χ1n) is 9.86. The van der Waals surface area contributed by atoms with E-state index in [1.54, 1.807) is 13.4 Å². The smallest absolute Gasteiger partial charge is 0.260 e. The predicted octanol–water partition coefficient (Wildman–Crippen LogP) is 1.54. The summed E-state index contributed by atoms with van der Waals surface area (Å²) >= 11 is 0. The summed E-state index contributed by atoms with van der Waals surface area (Å²) in [5, 5.41) is 0.693. The SMILES string of the molecule is Cn1cnc2cc(N3CCN(CCN4CCCCC4)CC3)ccc2c1=O. The second-order valence-corrected chi connectivity index (χ2v) is 7.59. The Bertz CT molecular complexity index is 803. The fraction of sp³-hybridized carbons (Fsp3) is 0.600. The minimum atomic E-state index is 0.0177. The molecule has 2 saturated heterocycles. The Hall–Kier alpha value is -1.92. The second kappa shape index (κ2) is 7.76. The van der Waals surface area contributed by atoms with Crippen molar-refractivity contribution in [1.29, 1.82) is 0 Å². The number of aromatic nitrogens is 2. The molecule has 0 spiro atoms. The van der Waals surface area contributed by atoms with Crippen LogP contribution in [0.4, 0.5) is 5.69 Å². The van der Waals surface area contributed by atoms with Gasteiger partial charge < -0.3 is 14.4 Å². The van der Waals surface area contributed by atoms with Crippen LogP contribution in [0.2, 0.25) is 0 Å². The molecule has 0 bridgehead atoms. The molecular weight excluding hydrogens is 326 g/mol. The molecule has 3 heterocycles. The van der Waals surface area contributed by atoms with Crippen LogP contribution in [0.15, 0.2) is 29.3 Å². The number of fused-ring (bicyclic) bond motifs is 1. The largest absolute Gasteiger partial charge is 0.369 e. The number of piperazine rings is 1. The maximum atomic E-state index is 12.2. The number of likely N-dealkylation sites (tertiary alicyclic amines) is 1. The molecule has 1 aromatic heterocycles. The molecule has 26 heavy (non-hydrogen) atoms. The van der Waals surface area contributed by atoms with Gasteiger partial charge in [0.05, 0.1) is 17.2 Å². The summed E-state index contributed by atoms with van der Waals surface area (Å²) in [7, 11) is 1.74. The van der Waals surface area contributed by atoms with Crippen LogP contribution in [0.3, 0.4) is 0 Å². The quantitative estimate of drug-likeness (QED) is 0.832. The lowest BCUT2D eigenvalue weighted by Crippen LogP contribution is -2.48. The third-order valence-corrected chi connectivity index (χ3v) is 5.82. The van der Waals surface area contributed by atoms with Gasteiger partial charge in [0, 0.05) is 52.0 Å². The first-order chi connectivity index (χ1) is 12.7. The molecule has 4 rings (SSSR count). The van der Waals surface area contributed by atoms with E-state index >= 15 is 0 Å². The van der Waals surface area contributed by atoms with Crippen LogP contribution in [-0.4, -0.2) is 71.7 Å². The van der Waals surface area contributed by atoms with Gasteiger partial charge in [0.15, 0.2) is 0 Å². The van der Waals surface area contributed by atoms with Gasteiger partial charge in [-0.1, -0.05) is 6.42 Å². The van der Waals surface area contributed by atoms with Gasteiger partial charge in [0.2, 0.25) is 0 Å². The molecule has 6 nitrogen and oxygen atoms in total. The lowest BCUT2D eigenvalue weighted by atomic mass is 10.1. The summed E-state index contributed by atoms with van der Waals surface area (Å²) in [5.41, 5.74) is 1.98. The van der Waals surface area contributed by atoms with Gasteiger partial charge in [0.25, 0.3) is 5.56 Å². The van der Waals surface area contributed by atoms with Crippen molar-refractivity contribution >= 4 is 16.6 Å². The summed E-state index contributed by atoms with van der Waals surface area (Å²) < 4.78 is 1.53. The number of benzene rings is 1. The Balaban J connectivity index is 1.35. The fourth-order valence-corrected chi connectivity index (χ4v) is 4.09. The van der Waals surface area contributed by atoms with Gasteiger partial charge in [-0.05, 0) is 44.1 Å². The zero-order chi connectivity index (χ0) is 17.9. The number of aryl methyl sites for hydroxylation is 1. The van der Waals surface area contributed by atoms with Gasteiger partial charge in [-0.15, -0.1) is 0 Å². The van der Waals surface area contributed by atoms with E-state index in [9.17, 15) is 4.79 Å². The van der Waals surface area contributed by atoms with Crippen LogP contribution in [-0.2, 0) is 7.05 Å². The first-order valence-corrected chi connectivity index (χ1v) is 9.86. The van der Waals surface area contributed by atoms with Gasteiger partial charge in [-0.2, -0.15) is 0 Å². The van der Waals surface area contributed by atoms with Crippen molar-refractivity contribution in [3.8, 4) is 0 Å². The molecule has 2 fully saturated rings. The van der Waals surface area contributed by atoms with Crippen molar-refractivity contribution in [2.45, 2.75) is 19.3 Å². The zero-order valence-corrected chi connectivity index (χ0v) is 15.7. The van der Waals surface area contributed by atoms with Crippen molar-refractivity contribution in [3.05, 3.63) is 34.9 Å². The highest BCUT2D eigenvalue weighted by Crippen LogP contribution is 2.20. The molecule has 2 aromatic rings. The fourth-order valence-electron chi connectivity index (χ4n) is 4.09. The van der Waals surface area contributed by atoms with Crippen LogP contribution >= 0.6 is 0 Å². The number of rotatable bonds is 4. The lowest BCUT2D eigenvalue weighted by Gasteiger charge is -2.37. The number of hydrogen-bond donors (Lipinski definition) is 0. The average molecular weight is 355 g/mol. The molecule has 1 aromatic carbocycles. The van der Waals surface area contributed by atoms with Crippen molar-refractivity contribution in [3.63, 3.8) is 0 Å². The molecular formula is C20H29N5O. The summed E-state index contributed by atoms with van der Waals surface area (Å²) in [6, 6.07) is 6.04.